The van der Waals surface area contributed by atoms with E-state index in [-0.39, 0.29) is 18.2 Å². The topological polar surface area (TPSA) is 46.5 Å². The third-order valence-electron chi connectivity index (χ3n) is 4.62. The Morgan fingerprint density at radius 2 is 1.94 bits per heavy atom. The molecule has 0 amide bonds. The van der Waals surface area contributed by atoms with Gasteiger partial charge in [0.05, 0.1) is 6.10 Å². The molecule has 0 aromatic carbocycles. The summed E-state index contributed by atoms with van der Waals surface area (Å²) in [4.78, 5) is 11.1. The molecular formula is C13H18O3. The number of ether oxygens (including phenoxy) is 1. The molecule has 2 bridgehead atoms. The quantitative estimate of drug-likeness (QED) is 0.540. The lowest BCUT2D eigenvalue weighted by Gasteiger charge is -2.39. The van der Waals surface area contributed by atoms with E-state index in [4.69, 9.17) is 4.74 Å². The SMILES string of the molecule is CC(=O)O[C@@H]1C=C[C@H](O)[C@@H]2[C@@H]3CC[C@@H](C3)[C@@H]21. The van der Waals surface area contributed by atoms with E-state index in [0.717, 1.165) is 0 Å². The van der Waals surface area contributed by atoms with Gasteiger partial charge >= 0.3 is 5.97 Å². The van der Waals surface area contributed by atoms with Crippen LogP contribution in [0.2, 0.25) is 0 Å². The molecule has 0 heterocycles. The number of carbonyl (C=O) groups is 1. The zero-order valence-corrected chi connectivity index (χ0v) is 9.50. The molecule has 2 fully saturated rings. The summed E-state index contributed by atoms with van der Waals surface area (Å²) in [6.45, 7) is 1.46. The van der Waals surface area contributed by atoms with Gasteiger partial charge in [-0.3, -0.25) is 4.79 Å². The summed E-state index contributed by atoms with van der Waals surface area (Å²) in [7, 11) is 0. The molecule has 16 heavy (non-hydrogen) atoms. The van der Waals surface area contributed by atoms with Gasteiger partial charge in [0.15, 0.2) is 0 Å². The lowest BCUT2D eigenvalue weighted by molar-refractivity contribution is -0.150. The van der Waals surface area contributed by atoms with Crippen molar-refractivity contribution in [3.05, 3.63) is 12.2 Å². The Morgan fingerprint density at radius 3 is 2.62 bits per heavy atom. The molecule has 3 heteroatoms. The van der Waals surface area contributed by atoms with Crippen LogP contribution in [0.25, 0.3) is 0 Å². The summed E-state index contributed by atoms with van der Waals surface area (Å²) >= 11 is 0. The van der Waals surface area contributed by atoms with Gasteiger partial charge in [0.25, 0.3) is 0 Å². The van der Waals surface area contributed by atoms with E-state index < -0.39 is 0 Å². The smallest absolute Gasteiger partial charge is 0.303 e. The van der Waals surface area contributed by atoms with Crippen molar-refractivity contribution < 1.29 is 14.6 Å². The highest BCUT2D eigenvalue weighted by atomic mass is 16.5. The maximum Gasteiger partial charge on any atom is 0.303 e. The van der Waals surface area contributed by atoms with Crippen molar-refractivity contribution in [1.29, 1.82) is 0 Å². The minimum absolute atomic E-state index is 0.0961. The van der Waals surface area contributed by atoms with Crippen molar-refractivity contribution in [3.8, 4) is 0 Å². The van der Waals surface area contributed by atoms with Crippen LogP contribution in [0.1, 0.15) is 26.2 Å². The van der Waals surface area contributed by atoms with E-state index in [0.29, 0.717) is 23.7 Å². The van der Waals surface area contributed by atoms with E-state index in [2.05, 4.69) is 0 Å². The average molecular weight is 222 g/mol. The molecule has 3 rings (SSSR count). The first-order valence-corrected chi connectivity index (χ1v) is 6.20. The van der Waals surface area contributed by atoms with Gasteiger partial charge in [-0.15, -0.1) is 0 Å². The molecule has 0 saturated heterocycles. The van der Waals surface area contributed by atoms with E-state index in [1.165, 1.54) is 26.2 Å². The Kier molecular flexibility index (Phi) is 2.32. The molecule has 3 aliphatic carbocycles. The van der Waals surface area contributed by atoms with Crippen molar-refractivity contribution >= 4 is 5.97 Å². The molecule has 3 nitrogen and oxygen atoms in total. The average Bonchev–Trinajstić information content (AvgIpc) is 2.82. The van der Waals surface area contributed by atoms with Gasteiger partial charge in [-0.1, -0.05) is 6.08 Å². The lowest BCUT2D eigenvalue weighted by atomic mass is 9.70. The van der Waals surface area contributed by atoms with Crippen LogP contribution in [0, 0.1) is 23.7 Å². The maximum atomic E-state index is 11.1. The number of aliphatic hydroxyl groups is 1. The second kappa shape index (κ2) is 3.59. The predicted molar refractivity (Wildman–Crippen MR) is 58.5 cm³/mol. The molecule has 2 saturated carbocycles. The number of hydrogen-bond donors (Lipinski definition) is 1. The number of aliphatic hydroxyl groups excluding tert-OH is 1. The van der Waals surface area contributed by atoms with Crippen LogP contribution < -0.4 is 0 Å². The fraction of sp³-hybridized carbons (Fsp3) is 0.769. The molecule has 88 valence electrons. The Bertz CT molecular complexity index is 336. The summed E-state index contributed by atoms with van der Waals surface area (Å²) in [6, 6.07) is 0. The molecule has 0 aromatic rings. The first-order valence-electron chi connectivity index (χ1n) is 6.20. The van der Waals surface area contributed by atoms with Crippen LogP contribution in [-0.2, 0) is 9.53 Å². The fourth-order valence-electron chi connectivity index (χ4n) is 4.16. The van der Waals surface area contributed by atoms with Gasteiger partial charge in [-0.05, 0) is 43.1 Å². The Hall–Kier alpha value is -0.830. The van der Waals surface area contributed by atoms with Crippen molar-refractivity contribution in [1.82, 2.24) is 0 Å². The van der Waals surface area contributed by atoms with Crippen LogP contribution in [0.15, 0.2) is 12.2 Å². The maximum absolute atomic E-state index is 11.1. The summed E-state index contributed by atoms with van der Waals surface area (Å²) in [5, 5.41) is 10.0. The van der Waals surface area contributed by atoms with Crippen molar-refractivity contribution in [2.75, 3.05) is 0 Å². The second-order valence-electron chi connectivity index (χ2n) is 5.44. The highest BCUT2D eigenvalue weighted by Crippen LogP contribution is 2.56. The highest BCUT2D eigenvalue weighted by Gasteiger charge is 2.54. The normalized spacial score (nSPS) is 49.1. The molecule has 0 spiro atoms. The largest absolute Gasteiger partial charge is 0.458 e. The molecule has 0 radical (unpaired) electrons. The van der Waals surface area contributed by atoms with Crippen LogP contribution >= 0.6 is 0 Å². The Balaban J connectivity index is 1.86. The highest BCUT2D eigenvalue weighted by molar-refractivity contribution is 5.66. The molecule has 6 atom stereocenters. The molecule has 1 N–H and O–H groups in total. The van der Waals surface area contributed by atoms with Crippen molar-refractivity contribution in [2.24, 2.45) is 23.7 Å². The van der Waals surface area contributed by atoms with Gasteiger partial charge in [0.2, 0.25) is 0 Å². The third kappa shape index (κ3) is 1.41. The summed E-state index contributed by atoms with van der Waals surface area (Å²) in [6.07, 6.45) is 6.97. The zero-order chi connectivity index (χ0) is 11.3. The molecular weight excluding hydrogens is 204 g/mol. The molecule has 0 aliphatic heterocycles. The van der Waals surface area contributed by atoms with Gasteiger partial charge in [-0.25, -0.2) is 0 Å². The first-order chi connectivity index (χ1) is 7.66. The van der Waals surface area contributed by atoms with Gasteiger partial charge in [-0.2, -0.15) is 0 Å². The van der Waals surface area contributed by atoms with Gasteiger partial charge in [0, 0.05) is 12.8 Å². The Morgan fingerprint density at radius 1 is 1.25 bits per heavy atom. The summed E-state index contributed by atoms with van der Waals surface area (Å²) < 4.78 is 5.37. The van der Waals surface area contributed by atoms with E-state index >= 15 is 0 Å². The summed E-state index contributed by atoms with van der Waals surface area (Å²) in [5.74, 6) is 1.77. The zero-order valence-electron chi connectivity index (χ0n) is 9.50. The molecule has 0 aromatic heterocycles. The van der Waals surface area contributed by atoms with Gasteiger partial charge < -0.3 is 9.84 Å². The minimum Gasteiger partial charge on any atom is -0.458 e. The van der Waals surface area contributed by atoms with Gasteiger partial charge in [0.1, 0.15) is 6.10 Å². The molecule has 0 unspecified atom stereocenters. The van der Waals surface area contributed by atoms with E-state index in [9.17, 15) is 9.90 Å². The predicted octanol–water partition coefficient (Wildman–Crippen LogP) is 1.51. The molecule has 3 aliphatic rings. The second-order valence-corrected chi connectivity index (χ2v) is 5.44. The standard InChI is InChI=1S/C13H18O3/c1-7(14)16-11-5-4-10(15)12-8-2-3-9(6-8)13(11)12/h4-5,8-13,15H,2-3,6H2,1H3/t8-,9+,10+,11-,12+,13-/m1/s1. The summed E-state index contributed by atoms with van der Waals surface area (Å²) in [5.41, 5.74) is 0. The van der Waals surface area contributed by atoms with Crippen LogP contribution in [-0.4, -0.2) is 23.3 Å². The Labute approximate surface area is 95.5 Å². The first kappa shape index (κ1) is 10.3. The van der Waals surface area contributed by atoms with Crippen molar-refractivity contribution in [3.63, 3.8) is 0 Å². The van der Waals surface area contributed by atoms with Crippen molar-refractivity contribution in [2.45, 2.75) is 38.4 Å². The number of carbonyl (C=O) groups excluding carboxylic acids is 1. The van der Waals surface area contributed by atoms with E-state index in [1.807, 2.05) is 12.2 Å². The van der Waals surface area contributed by atoms with Crippen LogP contribution in [0.5, 0.6) is 0 Å². The fourth-order valence-corrected chi connectivity index (χ4v) is 4.16. The number of hydrogen-bond acceptors (Lipinski definition) is 3. The van der Waals surface area contributed by atoms with Crippen LogP contribution in [0.4, 0.5) is 0 Å². The monoisotopic (exact) mass is 222 g/mol. The lowest BCUT2D eigenvalue weighted by Crippen LogP contribution is -2.42. The van der Waals surface area contributed by atoms with Crippen LogP contribution in [0.3, 0.4) is 0 Å². The third-order valence-corrected chi connectivity index (χ3v) is 4.62. The van der Waals surface area contributed by atoms with E-state index in [1.54, 1.807) is 0 Å². The number of rotatable bonds is 1. The number of esters is 1. The number of fused-ring (bicyclic) bond motifs is 5. The minimum atomic E-state index is -0.327.